The van der Waals surface area contributed by atoms with Crippen LogP contribution in [-0.2, 0) is 16.1 Å². The Labute approximate surface area is 281 Å². The molecule has 3 atom stereocenters. The van der Waals surface area contributed by atoms with Crippen LogP contribution in [0.2, 0.25) is 0 Å². The topological polar surface area (TPSA) is 147 Å². The van der Waals surface area contributed by atoms with E-state index >= 15 is 0 Å². The van der Waals surface area contributed by atoms with Crippen LogP contribution >= 0.6 is 36.2 Å². The molecule has 0 aliphatic carbocycles. The van der Waals surface area contributed by atoms with Gasteiger partial charge < -0.3 is 42.5 Å². The van der Waals surface area contributed by atoms with Gasteiger partial charge in [0.15, 0.2) is 5.11 Å². The summed E-state index contributed by atoms with van der Waals surface area (Å²) in [6.07, 6.45) is 3.02. The van der Waals surface area contributed by atoms with Crippen molar-refractivity contribution in [1.82, 2.24) is 26.6 Å². The molecule has 0 heterocycles. The van der Waals surface area contributed by atoms with Crippen molar-refractivity contribution in [2.24, 2.45) is 5.92 Å². The number of urea groups is 1. The van der Waals surface area contributed by atoms with Crippen LogP contribution in [0.5, 0.6) is 0 Å². The third-order valence-electron chi connectivity index (χ3n) is 6.79. The van der Waals surface area contributed by atoms with Crippen molar-refractivity contribution in [3.8, 4) is 0 Å². The van der Waals surface area contributed by atoms with Crippen molar-refractivity contribution in [1.29, 1.82) is 0 Å². The Morgan fingerprint density at radius 1 is 0.822 bits per heavy atom. The molecule has 0 aliphatic rings. The number of nitrogens with one attached hydrogen (secondary N) is 8. The molecule has 246 valence electrons. The summed E-state index contributed by atoms with van der Waals surface area (Å²) in [5.41, 5.74) is 3.40. The predicted molar refractivity (Wildman–Crippen MR) is 195 cm³/mol. The number of benzene rings is 2. The zero-order valence-electron chi connectivity index (χ0n) is 26.5. The van der Waals surface area contributed by atoms with Gasteiger partial charge >= 0.3 is 6.03 Å². The lowest BCUT2D eigenvalue weighted by Crippen LogP contribution is -2.56. The minimum absolute atomic E-state index is 0.129. The lowest BCUT2D eigenvalue weighted by Gasteiger charge is -2.26. The number of hydrogen-bond acceptors (Lipinski definition) is 7. The Morgan fingerprint density at radius 2 is 1.40 bits per heavy atom. The fourth-order valence-electron chi connectivity index (χ4n) is 4.18. The van der Waals surface area contributed by atoms with E-state index in [0.29, 0.717) is 47.5 Å². The highest BCUT2D eigenvalue weighted by Crippen LogP contribution is 2.14. The highest BCUT2D eigenvalue weighted by atomic mass is 32.2. The molecule has 0 spiro atoms. The second-order valence-electron chi connectivity index (χ2n) is 10.5. The lowest BCUT2D eigenvalue weighted by molar-refractivity contribution is -0.131. The van der Waals surface area contributed by atoms with Gasteiger partial charge in [-0.3, -0.25) is 9.59 Å². The Kier molecular flexibility index (Phi) is 17.2. The average Bonchev–Trinajstić information content (AvgIpc) is 3.01. The van der Waals surface area contributed by atoms with Gasteiger partial charge in [-0.25, -0.2) is 4.79 Å². The molecule has 0 aliphatic heterocycles. The molecule has 4 amide bonds. The number of hydrogen-bond donors (Lipinski definition) is 8. The number of thiocarbonyl (C=S) groups is 2. The fourth-order valence-corrected chi connectivity index (χ4v) is 4.99. The first-order chi connectivity index (χ1) is 21.6. The number of amides is 4. The lowest BCUT2D eigenvalue weighted by atomic mass is 9.97. The van der Waals surface area contributed by atoms with E-state index in [4.69, 9.17) is 24.4 Å². The van der Waals surface area contributed by atoms with Crippen molar-refractivity contribution < 1.29 is 14.4 Å². The molecule has 0 saturated heterocycles. The van der Waals surface area contributed by atoms with Gasteiger partial charge in [-0.15, -0.1) is 0 Å². The van der Waals surface area contributed by atoms with Crippen molar-refractivity contribution in [2.45, 2.75) is 52.2 Å². The van der Waals surface area contributed by atoms with Crippen LogP contribution < -0.4 is 42.5 Å². The zero-order valence-corrected chi connectivity index (χ0v) is 29.0. The monoisotopic (exact) mass is 674 g/mol. The highest BCUT2D eigenvalue weighted by molar-refractivity contribution is 7.98. The molecule has 45 heavy (non-hydrogen) atoms. The maximum atomic E-state index is 13.4. The summed E-state index contributed by atoms with van der Waals surface area (Å²) in [5, 5.41) is 24.1. The Balaban J connectivity index is 1.89. The van der Waals surface area contributed by atoms with Gasteiger partial charge in [0, 0.05) is 36.7 Å². The van der Waals surface area contributed by atoms with E-state index in [0.717, 1.165) is 23.5 Å². The quantitative estimate of drug-likeness (QED) is 0.0914. The summed E-state index contributed by atoms with van der Waals surface area (Å²) in [6.45, 7) is 7.08. The highest BCUT2D eigenvalue weighted by Gasteiger charge is 2.29. The third kappa shape index (κ3) is 14.5. The molecule has 8 N–H and O–H groups in total. The van der Waals surface area contributed by atoms with Gasteiger partial charge in [0.1, 0.15) is 12.1 Å². The van der Waals surface area contributed by atoms with E-state index in [2.05, 4.69) is 42.5 Å². The van der Waals surface area contributed by atoms with Crippen LogP contribution in [0.3, 0.4) is 0 Å². The molecule has 2 aromatic carbocycles. The fraction of sp³-hybridized carbons (Fsp3) is 0.452. The first-order valence-corrected chi connectivity index (χ1v) is 17.1. The van der Waals surface area contributed by atoms with Gasteiger partial charge in [0.2, 0.25) is 11.8 Å². The molecule has 2 rings (SSSR count). The maximum Gasteiger partial charge on any atom is 0.319 e. The van der Waals surface area contributed by atoms with E-state index in [-0.39, 0.29) is 11.8 Å². The summed E-state index contributed by atoms with van der Waals surface area (Å²) in [7, 11) is 1.87. The van der Waals surface area contributed by atoms with E-state index in [1.165, 1.54) is 0 Å². The van der Waals surface area contributed by atoms with E-state index in [9.17, 15) is 14.4 Å². The van der Waals surface area contributed by atoms with Gasteiger partial charge in [-0.2, -0.15) is 11.8 Å². The summed E-state index contributed by atoms with van der Waals surface area (Å²) in [4.78, 5) is 40.0. The normalized spacial score (nSPS) is 12.6. The van der Waals surface area contributed by atoms with Crippen LogP contribution in [0, 0.1) is 5.92 Å². The molecule has 11 nitrogen and oxygen atoms in total. The van der Waals surface area contributed by atoms with Crippen molar-refractivity contribution in [3.63, 3.8) is 0 Å². The van der Waals surface area contributed by atoms with E-state index < -0.39 is 24.0 Å². The number of rotatable bonds is 17. The standard InChI is InChI=1S/C31H46N8O3S3/c1-6-20(2)27(29(41)33-16-17-34-31(44)37-25-13-11-23(12-14-25)35-21(3)43)39-28(40)26(15-18-45-5)38-30(42)36-24-9-7-22(8-10-24)19-32-4/h7-14,20,26-27,32H,6,15-19H2,1-5H3,(H,33,41)(H,35,43)(H,39,40)(H2,34,37,44)(H2,36,38,42)/t20-,26-,27-/m0/s1. The predicted octanol–water partition coefficient (Wildman–Crippen LogP) is 4.04. The van der Waals surface area contributed by atoms with Crippen LogP contribution in [0.1, 0.15) is 39.2 Å². The summed E-state index contributed by atoms with van der Waals surface area (Å²) in [6, 6.07) is 12.9. The van der Waals surface area contributed by atoms with Gasteiger partial charge in [-0.1, -0.05) is 44.6 Å². The molecule has 0 unspecified atom stereocenters. The summed E-state index contributed by atoms with van der Waals surface area (Å²) in [5.74, 6) is -0.181. The molecule has 0 fully saturated rings. The Hall–Kier alpha value is -3.46. The van der Waals surface area contributed by atoms with Crippen LogP contribution in [0.15, 0.2) is 48.5 Å². The minimum Gasteiger partial charge on any atom is -0.361 e. The largest absolute Gasteiger partial charge is 0.361 e. The van der Waals surface area contributed by atoms with Crippen LogP contribution in [0.25, 0.3) is 0 Å². The second kappa shape index (κ2) is 20.5. The summed E-state index contributed by atoms with van der Waals surface area (Å²) < 4.78 is 0. The second-order valence-corrected chi connectivity index (χ2v) is 12.5. The van der Waals surface area contributed by atoms with Gasteiger partial charge in [0.25, 0.3) is 0 Å². The summed E-state index contributed by atoms with van der Waals surface area (Å²) >= 11 is 12.0. The average molecular weight is 675 g/mol. The number of anilines is 3. The molecule has 0 aromatic heterocycles. The van der Waals surface area contributed by atoms with Crippen LogP contribution in [0.4, 0.5) is 21.9 Å². The molecule has 0 saturated carbocycles. The van der Waals surface area contributed by atoms with Crippen LogP contribution in [-0.4, -0.2) is 72.2 Å². The van der Waals surface area contributed by atoms with E-state index in [1.807, 2.05) is 82.6 Å². The molecular formula is C31H46N8O3S3. The first-order valence-electron chi connectivity index (χ1n) is 14.9. The third-order valence-corrected chi connectivity index (χ3v) is 7.78. The Morgan fingerprint density at radius 3 is 1.98 bits per heavy atom. The van der Waals surface area contributed by atoms with Crippen molar-refractivity contribution >= 4 is 81.2 Å². The van der Waals surface area contributed by atoms with E-state index in [1.54, 1.807) is 11.8 Å². The zero-order chi connectivity index (χ0) is 33.2. The molecular weight excluding hydrogens is 629 g/mol. The smallest absolute Gasteiger partial charge is 0.319 e. The molecule has 2 aromatic rings. The first kappa shape index (κ1) is 37.7. The van der Waals surface area contributed by atoms with Gasteiger partial charge in [0.05, 0.1) is 4.99 Å². The number of carbonyl (C=O) groups excluding carboxylic acids is 3. The Bertz CT molecular complexity index is 1260. The SMILES string of the molecule is CC[C@H](C)[C@H](NC(=O)[C@H](CCSC)NC(=O)Nc1ccc(CNC)cc1)C(=O)NCCNC(=S)Nc1ccc(NC(C)=S)cc1. The number of thioether (sulfide) groups is 1. The maximum absolute atomic E-state index is 13.4. The molecule has 0 radical (unpaired) electrons. The molecule has 14 heteroatoms. The van der Waals surface area contributed by atoms with Crippen molar-refractivity contribution in [2.75, 3.05) is 48.1 Å². The van der Waals surface area contributed by atoms with Crippen molar-refractivity contribution in [3.05, 3.63) is 54.1 Å². The van der Waals surface area contributed by atoms with Gasteiger partial charge in [-0.05, 0) is 92.5 Å². The minimum atomic E-state index is -0.811. The number of carbonyl (C=O) groups is 3. The molecule has 0 bridgehead atoms.